The average molecular weight is 285 g/mol. The van der Waals surface area contributed by atoms with Gasteiger partial charge in [-0.15, -0.1) is 0 Å². The minimum atomic E-state index is 0.236. The van der Waals surface area contributed by atoms with Crippen LogP contribution in [-0.4, -0.2) is 10.1 Å². The Kier molecular flexibility index (Phi) is 3.44. The number of hydrogen-bond acceptors (Lipinski definition) is 3. The minimum absolute atomic E-state index is 0.236. The lowest BCUT2D eigenvalue weighted by Gasteiger charge is -2.11. The largest absolute Gasteiger partial charge is 0.508 e. The summed E-state index contributed by atoms with van der Waals surface area (Å²) in [5, 5.41) is 15.9. The van der Waals surface area contributed by atoms with E-state index in [1.54, 1.807) is 24.4 Å². The summed E-state index contributed by atoms with van der Waals surface area (Å²) < 4.78 is 0. The molecule has 2 N–H and O–H groups in total. The first-order valence-electron chi connectivity index (χ1n) is 6.28. The quantitative estimate of drug-likeness (QED) is 0.757. The molecule has 3 rings (SSSR count). The molecule has 1 aromatic heterocycles. The summed E-state index contributed by atoms with van der Waals surface area (Å²) >= 11 is 5.94. The number of anilines is 1. The van der Waals surface area contributed by atoms with E-state index in [1.165, 1.54) is 0 Å². The van der Waals surface area contributed by atoms with Gasteiger partial charge in [-0.05, 0) is 35.7 Å². The maximum atomic E-state index is 9.82. The molecular formula is C16H13ClN2O. The first-order chi connectivity index (χ1) is 9.74. The van der Waals surface area contributed by atoms with E-state index < -0.39 is 0 Å². The van der Waals surface area contributed by atoms with Crippen molar-refractivity contribution in [2.75, 3.05) is 5.32 Å². The van der Waals surface area contributed by atoms with E-state index in [2.05, 4.69) is 10.3 Å². The highest BCUT2D eigenvalue weighted by Gasteiger charge is 2.04. The SMILES string of the molecule is Oc1ccc(Cl)cc1CNc1cccc2ccncc12. The lowest BCUT2D eigenvalue weighted by Crippen LogP contribution is -2.00. The standard InChI is InChI=1S/C16H13ClN2O/c17-13-4-5-16(20)12(8-13)9-19-15-3-1-2-11-6-7-18-10-14(11)15/h1-8,10,19-20H,9H2. The van der Waals surface area contributed by atoms with Crippen LogP contribution in [0.5, 0.6) is 5.75 Å². The van der Waals surface area contributed by atoms with Gasteiger partial charge in [-0.2, -0.15) is 0 Å². The van der Waals surface area contributed by atoms with Crippen molar-refractivity contribution in [1.29, 1.82) is 0 Å². The van der Waals surface area contributed by atoms with Crippen LogP contribution in [0.1, 0.15) is 5.56 Å². The van der Waals surface area contributed by atoms with Crippen LogP contribution >= 0.6 is 11.6 Å². The highest BCUT2D eigenvalue weighted by atomic mass is 35.5. The van der Waals surface area contributed by atoms with Gasteiger partial charge in [0.15, 0.2) is 0 Å². The van der Waals surface area contributed by atoms with Crippen molar-refractivity contribution in [3.05, 3.63) is 65.4 Å². The van der Waals surface area contributed by atoms with Gasteiger partial charge in [-0.1, -0.05) is 23.7 Å². The number of aromatic nitrogens is 1. The van der Waals surface area contributed by atoms with E-state index in [0.29, 0.717) is 11.6 Å². The van der Waals surface area contributed by atoms with Crippen LogP contribution in [0.3, 0.4) is 0 Å². The van der Waals surface area contributed by atoms with Crippen molar-refractivity contribution in [1.82, 2.24) is 4.98 Å². The van der Waals surface area contributed by atoms with E-state index >= 15 is 0 Å². The second kappa shape index (κ2) is 5.39. The van der Waals surface area contributed by atoms with E-state index in [9.17, 15) is 5.11 Å². The zero-order valence-corrected chi connectivity index (χ0v) is 11.4. The molecular weight excluding hydrogens is 272 g/mol. The Labute approximate surface area is 121 Å². The van der Waals surface area contributed by atoms with Gasteiger partial charge in [0.25, 0.3) is 0 Å². The van der Waals surface area contributed by atoms with E-state index in [0.717, 1.165) is 22.0 Å². The fourth-order valence-corrected chi connectivity index (χ4v) is 2.35. The number of fused-ring (bicyclic) bond motifs is 1. The number of halogens is 1. The number of pyridine rings is 1. The van der Waals surface area contributed by atoms with Crippen molar-refractivity contribution in [2.45, 2.75) is 6.54 Å². The lowest BCUT2D eigenvalue weighted by atomic mass is 10.1. The lowest BCUT2D eigenvalue weighted by molar-refractivity contribution is 0.469. The van der Waals surface area contributed by atoms with Crippen molar-refractivity contribution in [3.8, 4) is 5.75 Å². The van der Waals surface area contributed by atoms with Gasteiger partial charge in [-0.25, -0.2) is 0 Å². The number of rotatable bonds is 3. The molecule has 0 amide bonds. The summed E-state index contributed by atoms with van der Waals surface area (Å²) in [5.74, 6) is 0.236. The topological polar surface area (TPSA) is 45.1 Å². The normalized spacial score (nSPS) is 10.7. The predicted octanol–water partition coefficient (Wildman–Crippen LogP) is 4.21. The fraction of sp³-hybridized carbons (Fsp3) is 0.0625. The van der Waals surface area contributed by atoms with Crippen molar-refractivity contribution in [2.24, 2.45) is 0 Å². The molecule has 0 aliphatic heterocycles. The highest BCUT2D eigenvalue weighted by Crippen LogP contribution is 2.25. The van der Waals surface area contributed by atoms with Crippen molar-refractivity contribution >= 4 is 28.1 Å². The fourth-order valence-electron chi connectivity index (χ4n) is 2.15. The Morgan fingerprint density at radius 3 is 2.95 bits per heavy atom. The molecule has 0 atom stereocenters. The van der Waals surface area contributed by atoms with Crippen LogP contribution in [0.15, 0.2) is 54.9 Å². The highest BCUT2D eigenvalue weighted by molar-refractivity contribution is 6.30. The molecule has 0 fully saturated rings. The van der Waals surface area contributed by atoms with Crippen LogP contribution in [-0.2, 0) is 6.54 Å². The maximum Gasteiger partial charge on any atom is 0.120 e. The van der Waals surface area contributed by atoms with Crippen molar-refractivity contribution in [3.63, 3.8) is 0 Å². The second-order valence-corrected chi connectivity index (χ2v) is 4.97. The summed E-state index contributed by atoms with van der Waals surface area (Å²) in [6.07, 6.45) is 3.60. The number of nitrogens with zero attached hydrogens (tertiary/aromatic N) is 1. The molecule has 20 heavy (non-hydrogen) atoms. The molecule has 0 unspecified atom stereocenters. The predicted molar refractivity (Wildman–Crippen MR) is 82.2 cm³/mol. The summed E-state index contributed by atoms with van der Waals surface area (Å²) in [5.41, 5.74) is 1.74. The number of aromatic hydroxyl groups is 1. The molecule has 0 radical (unpaired) electrons. The maximum absolute atomic E-state index is 9.82. The third-order valence-corrected chi connectivity index (χ3v) is 3.43. The van der Waals surface area contributed by atoms with Crippen LogP contribution in [0.25, 0.3) is 10.8 Å². The Hall–Kier alpha value is -2.26. The number of nitrogens with one attached hydrogen (secondary N) is 1. The van der Waals surface area contributed by atoms with E-state index in [1.807, 2.05) is 30.5 Å². The summed E-state index contributed by atoms with van der Waals surface area (Å²) in [6.45, 7) is 0.500. The van der Waals surface area contributed by atoms with Crippen LogP contribution < -0.4 is 5.32 Å². The van der Waals surface area contributed by atoms with Gasteiger partial charge >= 0.3 is 0 Å². The van der Waals surface area contributed by atoms with Crippen LogP contribution in [0.4, 0.5) is 5.69 Å². The Balaban J connectivity index is 1.89. The molecule has 4 heteroatoms. The Morgan fingerprint density at radius 1 is 1.15 bits per heavy atom. The average Bonchev–Trinajstić information content (AvgIpc) is 2.48. The van der Waals surface area contributed by atoms with Gasteiger partial charge in [0.2, 0.25) is 0 Å². The molecule has 100 valence electrons. The first kappa shape index (κ1) is 12.8. The van der Waals surface area contributed by atoms with Crippen LogP contribution in [0, 0.1) is 0 Å². The van der Waals surface area contributed by atoms with Crippen molar-refractivity contribution < 1.29 is 5.11 Å². The molecule has 3 nitrogen and oxygen atoms in total. The summed E-state index contributed by atoms with van der Waals surface area (Å²) in [4.78, 5) is 4.15. The smallest absolute Gasteiger partial charge is 0.120 e. The first-order valence-corrected chi connectivity index (χ1v) is 6.66. The number of hydrogen-bond donors (Lipinski definition) is 2. The number of phenols is 1. The third kappa shape index (κ3) is 2.53. The molecule has 0 bridgehead atoms. The summed E-state index contributed by atoms with van der Waals surface area (Å²) in [7, 11) is 0. The molecule has 0 saturated heterocycles. The number of phenolic OH excluding ortho intramolecular Hbond substituents is 1. The minimum Gasteiger partial charge on any atom is -0.508 e. The molecule has 1 heterocycles. The molecule has 0 saturated carbocycles. The molecule has 0 aliphatic rings. The molecule has 3 aromatic rings. The van der Waals surface area contributed by atoms with E-state index in [-0.39, 0.29) is 5.75 Å². The van der Waals surface area contributed by atoms with Gasteiger partial charge < -0.3 is 10.4 Å². The molecule has 0 spiro atoms. The van der Waals surface area contributed by atoms with Gasteiger partial charge in [0.05, 0.1) is 0 Å². The Morgan fingerprint density at radius 2 is 2.05 bits per heavy atom. The summed E-state index contributed by atoms with van der Waals surface area (Å²) in [6, 6.07) is 13.0. The van der Waals surface area contributed by atoms with Gasteiger partial charge in [0.1, 0.15) is 5.75 Å². The third-order valence-electron chi connectivity index (χ3n) is 3.19. The zero-order chi connectivity index (χ0) is 13.9. The van der Waals surface area contributed by atoms with Gasteiger partial charge in [-0.3, -0.25) is 4.98 Å². The zero-order valence-electron chi connectivity index (χ0n) is 10.7. The van der Waals surface area contributed by atoms with Crippen LogP contribution in [0.2, 0.25) is 5.02 Å². The van der Waals surface area contributed by atoms with Gasteiger partial charge in [0, 0.05) is 40.6 Å². The molecule has 0 aliphatic carbocycles. The van der Waals surface area contributed by atoms with E-state index in [4.69, 9.17) is 11.6 Å². The molecule has 2 aromatic carbocycles. The number of benzene rings is 2. The Bertz CT molecular complexity index is 753. The monoisotopic (exact) mass is 284 g/mol. The second-order valence-electron chi connectivity index (χ2n) is 4.53.